The van der Waals surface area contributed by atoms with Gasteiger partial charge in [-0.15, -0.1) is 0 Å². The third-order valence-electron chi connectivity index (χ3n) is 2.94. The van der Waals surface area contributed by atoms with Gasteiger partial charge in [0.15, 0.2) is 0 Å². The van der Waals surface area contributed by atoms with E-state index in [1.54, 1.807) is 19.2 Å². The second-order valence-corrected chi connectivity index (χ2v) is 4.02. The summed E-state index contributed by atoms with van der Waals surface area (Å²) in [5.74, 6) is 0.592. The molecule has 0 amide bonds. The number of rotatable bonds is 4. The number of hydrogen-bond acceptors (Lipinski definition) is 2. The molecule has 0 fully saturated rings. The van der Waals surface area contributed by atoms with Crippen LogP contribution < -0.4 is 10.1 Å². The van der Waals surface area contributed by atoms with E-state index in [1.807, 2.05) is 31.3 Å². The van der Waals surface area contributed by atoms with Gasteiger partial charge in [0.2, 0.25) is 0 Å². The highest BCUT2D eigenvalue weighted by Gasteiger charge is 2.15. The molecule has 0 bridgehead atoms. The van der Waals surface area contributed by atoms with E-state index >= 15 is 0 Å². The van der Waals surface area contributed by atoms with Crippen LogP contribution in [0.15, 0.2) is 48.5 Å². The Morgan fingerprint density at radius 1 is 1.06 bits per heavy atom. The maximum absolute atomic E-state index is 13.0. The second-order valence-electron chi connectivity index (χ2n) is 4.02. The first-order valence-electron chi connectivity index (χ1n) is 5.82. The van der Waals surface area contributed by atoms with E-state index in [0.717, 1.165) is 16.9 Å². The zero-order valence-corrected chi connectivity index (χ0v) is 10.5. The fraction of sp³-hybridized carbons (Fsp3) is 0.200. The van der Waals surface area contributed by atoms with Crippen LogP contribution in [0.25, 0.3) is 0 Å². The smallest absolute Gasteiger partial charge is 0.123 e. The minimum atomic E-state index is -0.228. The molecule has 0 saturated heterocycles. The molecule has 2 rings (SSSR count). The molecule has 0 spiro atoms. The van der Waals surface area contributed by atoms with Gasteiger partial charge in [0.05, 0.1) is 13.2 Å². The summed E-state index contributed by atoms with van der Waals surface area (Å²) in [6, 6.07) is 14.3. The van der Waals surface area contributed by atoms with Crippen LogP contribution in [-0.4, -0.2) is 14.2 Å². The zero-order valence-electron chi connectivity index (χ0n) is 10.5. The van der Waals surface area contributed by atoms with E-state index < -0.39 is 0 Å². The molecule has 0 radical (unpaired) electrons. The Balaban J connectivity index is 2.41. The van der Waals surface area contributed by atoms with E-state index in [-0.39, 0.29) is 11.9 Å². The zero-order chi connectivity index (χ0) is 13.0. The molecule has 2 aromatic rings. The Labute approximate surface area is 106 Å². The van der Waals surface area contributed by atoms with Gasteiger partial charge in [0.25, 0.3) is 0 Å². The van der Waals surface area contributed by atoms with Crippen molar-refractivity contribution in [3.63, 3.8) is 0 Å². The summed E-state index contributed by atoms with van der Waals surface area (Å²) in [6.07, 6.45) is 0. The monoisotopic (exact) mass is 245 g/mol. The summed E-state index contributed by atoms with van der Waals surface area (Å²) in [5.41, 5.74) is 2.04. The van der Waals surface area contributed by atoms with Gasteiger partial charge in [-0.25, -0.2) is 4.39 Å². The van der Waals surface area contributed by atoms with Crippen LogP contribution in [0.5, 0.6) is 5.75 Å². The van der Waals surface area contributed by atoms with Gasteiger partial charge in [-0.3, -0.25) is 0 Å². The van der Waals surface area contributed by atoms with Gasteiger partial charge in [0, 0.05) is 5.56 Å². The number of ether oxygens (including phenoxy) is 1. The standard InChI is InChI=1S/C15H16FNO/c1-17-15(11-7-9-12(16)10-8-11)13-5-3-4-6-14(13)18-2/h3-10,15,17H,1-2H3. The van der Waals surface area contributed by atoms with Crippen molar-refractivity contribution in [2.24, 2.45) is 0 Å². The Bertz CT molecular complexity index is 510. The predicted octanol–water partition coefficient (Wildman–Crippen LogP) is 3.14. The van der Waals surface area contributed by atoms with Gasteiger partial charge >= 0.3 is 0 Å². The van der Waals surface area contributed by atoms with Crippen LogP contribution in [0.4, 0.5) is 4.39 Å². The predicted molar refractivity (Wildman–Crippen MR) is 70.3 cm³/mol. The molecule has 0 aliphatic heterocycles. The van der Waals surface area contributed by atoms with Crippen molar-refractivity contribution in [2.45, 2.75) is 6.04 Å². The van der Waals surface area contributed by atoms with Crippen molar-refractivity contribution in [1.82, 2.24) is 5.32 Å². The molecule has 0 saturated carbocycles. The van der Waals surface area contributed by atoms with E-state index in [2.05, 4.69) is 5.32 Å². The molecule has 2 aromatic carbocycles. The molecular formula is C15H16FNO. The summed E-state index contributed by atoms with van der Waals surface area (Å²) >= 11 is 0. The van der Waals surface area contributed by atoms with Crippen molar-refractivity contribution in [1.29, 1.82) is 0 Å². The number of benzene rings is 2. The minimum Gasteiger partial charge on any atom is -0.496 e. The third-order valence-corrected chi connectivity index (χ3v) is 2.94. The Hall–Kier alpha value is -1.87. The molecule has 1 N–H and O–H groups in total. The lowest BCUT2D eigenvalue weighted by Crippen LogP contribution is -2.18. The van der Waals surface area contributed by atoms with Crippen LogP contribution in [-0.2, 0) is 0 Å². The van der Waals surface area contributed by atoms with Crippen LogP contribution in [0.1, 0.15) is 17.2 Å². The molecular weight excluding hydrogens is 229 g/mol. The number of methoxy groups -OCH3 is 1. The second kappa shape index (κ2) is 5.65. The number of nitrogens with one attached hydrogen (secondary N) is 1. The van der Waals surface area contributed by atoms with Crippen LogP contribution >= 0.6 is 0 Å². The van der Waals surface area contributed by atoms with Crippen molar-refractivity contribution in [3.05, 3.63) is 65.5 Å². The SMILES string of the molecule is CNC(c1ccc(F)cc1)c1ccccc1OC. The molecule has 3 heteroatoms. The molecule has 94 valence electrons. The fourth-order valence-corrected chi connectivity index (χ4v) is 2.06. The number of para-hydroxylation sites is 1. The van der Waals surface area contributed by atoms with Gasteiger partial charge in [-0.1, -0.05) is 30.3 Å². The van der Waals surface area contributed by atoms with Gasteiger partial charge < -0.3 is 10.1 Å². The summed E-state index contributed by atoms with van der Waals surface area (Å²) in [6.45, 7) is 0. The Morgan fingerprint density at radius 2 is 1.72 bits per heavy atom. The molecule has 18 heavy (non-hydrogen) atoms. The van der Waals surface area contributed by atoms with Gasteiger partial charge in [-0.05, 0) is 30.8 Å². The largest absolute Gasteiger partial charge is 0.496 e. The van der Waals surface area contributed by atoms with E-state index in [0.29, 0.717) is 0 Å². The van der Waals surface area contributed by atoms with Gasteiger partial charge in [-0.2, -0.15) is 0 Å². The van der Waals surface area contributed by atoms with Crippen molar-refractivity contribution in [2.75, 3.05) is 14.2 Å². The van der Waals surface area contributed by atoms with E-state index in [1.165, 1.54) is 12.1 Å². The molecule has 1 atom stereocenters. The first kappa shape index (κ1) is 12.6. The summed E-state index contributed by atoms with van der Waals surface area (Å²) in [7, 11) is 3.52. The van der Waals surface area contributed by atoms with Crippen molar-refractivity contribution in [3.8, 4) is 5.75 Å². The normalized spacial score (nSPS) is 12.2. The lowest BCUT2D eigenvalue weighted by molar-refractivity contribution is 0.405. The first-order valence-corrected chi connectivity index (χ1v) is 5.82. The highest BCUT2D eigenvalue weighted by atomic mass is 19.1. The minimum absolute atomic E-state index is 0.0123. The highest BCUT2D eigenvalue weighted by molar-refractivity contribution is 5.41. The number of hydrogen-bond donors (Lipinski definition) is 1. The van der Waals surface area contributed by atoms with Crippen molar-refractivity contribution < 1.29 is 9.13 Å². The van der Waals surface area contributed by atoms with E-state index in [9.17, 15) is 4.39 Å². The summed E-state index contributed by atoms with van der Waals surface area (Å²) in [4.78, 5) is 0. The molecule has 1 unspecified atom stereocenters. The van der Waals surface area contributed by atoms with Crippen LogP contribution in [0, 0.1) is 5.82 Å². The Morgan fingerprint density at radius 3 is 2.33 bits per heavy atom. The fourth-order valence-electron chi connectivity index (χ4n) is 2.06. The van der Waals surface area contributed by atoms with Gasteiger partial charge in [0.1, 0.15) is 11.6 Å². The lowest BCUT2D eigenvalue weighted by Gasteiger charge is -2.19. The molecule has 0 aliphatic rings. The summed E-state index contributed by atoms with van der Waals surface area (Å²) in [5, 5.41) is 3.23. The molecule has 0 heterocycles. The first-order chi connectivity index (χ1) is 8.76. The average Bonchev–Trinajstić information content (AvgIpc) is 2.42. The number of halogens is 1. The quantitative estimate of drug-likeness (QED) is 0.893. The maximum atomic E-state index is 13.0. The summed E-state index contributed by atoms with van der Waals surface area (Å²) < 4.78 is 18.3. The van der Waals surface area contributed by atoms with Crippen molar-refractivity contribution >= 4 is 0 Å². The molecule has 2 nitrogen and oxygen atoms in total. The van der Waals surface area contributed by atoms with Crippen LogP contribution in [0.2, 0.25) is 0 Å². The molecule has 0 aromatic heterocycles. The maximum Gasteiger partial charge on any atom is 0.123 e. The average molecular weight is 245 g/mol. The third kappa shape index (κ3) is 2.51. The lowest BCUT2D eigenvalue weighted by atomic mass is 9.98. The Kier molecular flexibility index (Phi) is 3.95. The van der Waals surface area contributed by atoms with E-state index in [4.69, 9.17) is 4.74 Å². The molecule has 0 aliphatic carbocycles. The topological polar surface area (TPSA) is 21.3 Å². The van der Waals surface area contributed by atoms with Crippen LogP contribution in [0.3, 0.4) is 0 Å². The highest BCUT2D eigenvalue weighted by Crippen LogP contribution is 2.29.